The molecule has 2 aromatic rings. The van der Waals surface area contributed by atoms with Crippen molar-refractivity contribution < 1.29 is 4.79 Å². The topological polar surface area (TPSA) is 88.9 Å². The summed E-state index contributed by atoms with van der Waals surface area (Å²) >= 11 is 6.35. The molecule has 7 nitrogen and oxygen atoms in total. The zero-order valence-electron chi connectivity index (χ0n) is 13.8. The second kappa shape index (κ2) is 5.84. The third-order valence-electron chi connectivity index (χ3n) is 4.86. The lowest BCUT2D eigenvalue weighted by Crippen LogP contribution is -2.48. The number of pyridine rings is 1. The molecule has 130 valence electrons. The van der Waals surface area contributed by atoms with E-state index in [9.17, 15) is 9.59 Å². The van der Waals surface area contributed by atoms with E-state index in [1.807, 2.05) is 0 Å². The number of hydrogen-bond donors (Lipinski definition) is 2. The Morgan fingerprint density at radius 2 is 2.04 bits per heavy atom. The lowest BCUT2D eigenvalue weighted by atomic mass is 9.89. The van der Waals surface area contributed by atoms with Crippen molar-refractivity contribution in [2.45, 2.75) is 44.7 Å². The monoisotopic (exact) mass is 359 g/mol. The van der Waals surface area contributed by atoms with Gasteiger partial charge in [0.05, 0.1) is 5.02 Å². The van der Waals surface area contributed by atoms with Gasteiger partial charge in [-0.05, 0) is 44.7 Å². The lowest BCUT2D eigenvalue weighted by Gasteiger charge is -2.35. The van der Waals surface area contributed by atoms with Crippen LogP contribution in [-0.4, -0.2) is 20.4 Å². The predicted molar refractivity (Wildman–Crippen MR) is 94.3 cm³/mol. The zero-order valence-corrected chi connectivity index (χ0v) is 14.6. The van der Waals surface area contributed by atoms with Crippen LogP contribution in [0.4, 0.5) is 11.5 Å². The maximum atomic E-state index is 13.1. The maximum Gasteiger partial charge on any atom is 0.276 e. The fraction of sp³-hybridized carbons (Fsp3) is 0.412. The minimum absolute atomic E-state index is 0.248. The third kappa shape index (κ3) is 2.59. The van der Waals surface area contributed by atoms with Gasteiger partial charge in [-0.2, -0.15) is 0 Å². The van der Waals surface area contributed by atoms with E-state index in [1.165, 1.54) is 6.07 Å². The Hall–Kier alpha value is -2.41. The van der Waals surface area contributed by atoms with Crippen molar-refractivity contribution in [3.8, 4) is 0 Å². The Morgan fingerprint density at radius 3 is 2.76 bits per heavy atom. The van der Waals surface area contributed by atoms with Crippen molar-refractivity contribution in [3.05, 3.63) is 45.2 Å². The summed E-state index contributed by atoms with van der Waals surface area (Å²) in [5.41, 5.74) is -0.382. The molecule has 1 aliphatic heterocycles. The molecule has 2 aliphatic rings. The molecule has 1 aliphatic carbocycles. The summed E-state index contributed by atoms with van der Waals surface area (Å²) in [6, 6.07) is 3.17. The first-order valence-corrected chi connectivity index (χ1v) is 8.73. The number of carbonyl (C=O) groups is 1. The molecule has 0 aromatic carbocycles. The Balaban J connectivity index is 1.84. The number of amides is 1. The molecule has 3 heterocycles. The van der Waals surface area contributed by atoms with E-state index >= 15 is 0 Å². The molecule has 0 saturated heterocycles. The van der Waals surface area contributed by atoms with Crippen molar-refractivity contribution in [1.29, 1.82) is 0 Å². The number of nitrogens with zero attached hydrogens (tertiary/aromatic N) is 3. The molecule has 4 rings (SSSR count). The molecule has 0 unspecified atom stereocenters. The first-order chi connectivity index (χ1) is 12.0. The van der Waals surface area contributed by atoms with Gasteiger partial charge in [-0.25, -0.2) is 9.97 Å². The first kappa shape index (κ1) is 16.1. The summed E-state index contributed by atoms with van der Waals surface area (Å²) in [5, 5.41) is 6.27. The SMILES string of the molecule is Cc1nccc(Nc2cc(Cl)c3n(c2=O)C2(CCCCC2)NC3=O)n1. The van der Waals surface area contributed by atoms with E-state index in [0.29, 0.717) is 17.3 Å². The van der Waals surface area contributed by atoms with Gasteiger partial charge in [0, 0.05) is 6.20 Å². The zero-order chi connectivity index (χ0) is 17.6. The van der Waals surface area contributed by atoms with Gasteiger partial charge >= 0.3 is 0 Å². The molecule has 0 bridgehead atoms. The van der Waals surface area contributed by atoms with E-state index in [0.717, 1.165) is 32.1 Å². The summed E-state index contributed by atoms with van der Waals surface area (Å²) in [5.74, 6) is 0.822. The molecule has 8 heteroatoms. The molecule has 2 N–H and O–H groups in total. The van der Waals surface area contributed by atoms with E-state index in [4.69, 9.17) is 11.6 Å². The number of halogens is 1. The van der Waals surface area contributed by atoms with E-state index in [-0.39, 0.29) is 22.2 Å². The summed E-state index contributed by atoms with van der Waals surface area (Å²) < 4.78 is 1.55. The van der Waals surface area contributed by atoms with E-state index in [2.05, 4.69) is 20.6 Å². The summed E-state index contributed by atoms with van der Waals surface area (Å²) in [6.07, 6.45) is 6.12. The average Bonchev–Trinajstić information content (AvgIpc) is 2.85. The summed E-state index contributed by atoms with van der Waals surface area (Å²) in [7, 11) is 0. The third-order valence-corrected chi connectivity index (χ3v) is 5.15. The van der Waals surface area contributed by atoms with Crippen LogP contribution in [0.1, 0.15) is 48.4 Å². The Kier molecular flexibility index (Phi) is 3.76. The summed E-state index contributed by atoms with van der Waals surface area (Å²) in [6.45, 7) is 1.77. The van der Waals surface area contributed by atoms with Gasteiger partial charge in [-0.3, -0.25) is 14.2 Å². The number of hydrogen-bond acceptors (Lipinski definition) is 5. The van der Waals surface area contributed by atoms with Gasteiger partial charge in [0.25, 0.3) is 11.5 Å². The highest BCUT2D eigenvalue weighted by Crippen LogP contribution is 2.38. The lowest BCUT2D eigenvalue weighted by molar-refractivity contribution is 0.0877. The van der Waals surface area contributed by atoms with Crippen molar-refractivity contribution in [1.82, 2.24) is 19.9 Å². The van der Waals surface area contributed by atoms with Crippen LogP contribution in [-0.2, 0) is 5.66 Å². The molecular formula is C17H18ClN5O2. The molecule has 1 amide bonds. The Bertz CT molecular complexity index is 918. The molecule has 1 fully saturated rings. The predicted octanol–water partition coefficient (Wildman–Crippen LogP) is 2.70. The molecule has 0 radical (unpaired) electrons. The van der Waals surface area contributed by atoms with Crippen LogP contribution in [0.5, 0.6) is 0 Å². The van der Waals surface area contributed by atoms with Crippen LogP contribution < -0.4 is 16.2 Å². The smallest absolute Gasteiger partial charge is 0.276 e. The fourth-order valence-corrected chi connectivity index (χ4v) is 4.05. The fourth-order valence-electron chi connectivity index (χ4n) is 3.77. The van der Waals surface area contributed by atoms with Crippen molar-refractivity contribution in [2.75, 3.05) is 5.32 Å². The van der Waals surface area contributed by atoms with Crippen LogP contribution in [0.2, 0.25) is 5.02 Å². The van der Waals surface area contributed by atoms with Gasteiger partial charge in [0.1, 0.15) is 28.7 Å². The normalized spacial score (nSPS) is 18.1. The molecule has 2 aromatic heterocycles. The maximum absolute atomic E-state index is 13.1. The second-order valence-electron chi connectivity index (χ2n) is 6.56. The minimum atomic E-state index is -0.662. The summed E-state index contributed by atoms with van der Waals surface area (Å²) in [4.78, 5) is 33.9. The van der Waals surface area contributed by atoms with Crippen molar-refractivity contribution in [2.24, 2.45) is 0 Å². The van der Waals surface area contributed by atoms with Gasteiger partial charge < -0.3 is 10.6 Å². The van der Waals surface area contributed by atoms with Crippen molar-refractivity contribution in [3.63, 3.8) is 0 Å². The molecule has 1 saturated carbocycles. The van der Waals surface area contributed by atoms with Crippen LogP contribution in [0.3, 0.4) is 0 Å². The van der Waals surface area contributed by atoms with Gasteiger partial charge in [-0.1, -0.05) is 18.0 Å². The second-order valence-corrected chi connectivity index (χ2v) is 6.96. The number of anilines is 2. The van der Waals surface area contributed by atoms with Gasteiger partial charge in [-0.15, -0.1) is 0 Å². The highest BCUT2D eigenvalue weighted by molar-refractivity contribution is 6.34. The van der Waals surface area contributed by atoms with E-state index < -0.39 is 5.66 Å². The average molecular weight is 360 g/mol. The number of carbonyl (C=O) groups excluding carboxylic acids is 1. The molecular weight excluding hydrogens is 342 g/mol. The number of aromatic nitrogens is 3. The number of aryl methyl sites for hydroxylation is 1. The van der Waals surface area contributed by atoms with Crippen LogP contribution in [0.25, 0.3) is 0 Å². The van der Waals surface area contributed by atoms with Gasteiger partial charge in [0.15, 0.2) is 0 Å². The largest absolute Gasteiger partial charge is 0.336 e. The van der Waals surface area contributed by atoms with Crippen molar-refractivity contribution >= 4 is 29.0 Å². The molecule has 0 atom stereocenters. The minimum Gasteiger partial charge on any atom is -0.336 e. The highest BCUT2D eigenvalue weighted by Gasteiger charge is 2.45. The number of rotatable bonds is 2. The standard InChI is InChI=1S/C17H18ClN5O2/c1-10-19-8-5-13(20-10)21-12-9-11(18)14-15(24)22-17(23(14)16(12)25)6-3-2-4-7-17/h5,8-9H,2-4,6-7H2,1H3,(H,22,24)(H,19,20,21). The van der Waals surface area contributed by atoms with Crippen LogP contribution in [0.15, 0.2) is 23.1 Å². The Labute approximate surface area is 149 Å². The molecule has 25 heavy (non-hydrogen) atoms. The number of fused-ring (bicyclic) bond motifs is 2. The first-order valence-electron chi connectivity index (χ1n) is 8.35. The van der Waals surface area contributed by atoms with Crippen LogP contribution in [0, 0.1) is 6.92 Å². The highest BCUT2D eigenvalue weighted by atomic mass is 35.5. The number of nitrogens with one attached hydrogen (secondary N) is 2. The van der Waals surface area contributed by atoms with E-state index in [1.54, 1.807) is 23.8 Å². The molecule has 1 spiro atoms. The van der Waals surface area contributed by atoms with Crippen LogP contribution >= 0.6 is 11.6 Å². The quantitative estimate of drug-likeness (QED) is 0.860. The van der Waals surface area contributed by atoms with Gasteiger partial charge in [0.2, 0.25) is 0 Å². The Morgan fingerprint density at radius 1 is 1.28 bits per heavy atom.